The Kier molecular flexibility index (Phi) is 6.09. The number of carbonyl (C=O) groups is 1. The molecule has 8 heteroatoms. The maximum atomic E-state index is 12.0. The first kappa shape index (κ1) is 19.0. The molecule has 0 aromatic heterocycles. The minimum absolute atomic E-state index is 0.386. The molecule has 0 bridgehead atoms. The molecule has 0 aromatic carbocycles. The van der Waals surface area contributed by atoms with Crippen LogP contribution in [-0.2, 0) is 14.2 Å². The van der Waals surface area contributed by atoms with Crippen molar-refractivity contribution in [1.82, 2.24) is 4.90 Å². The van der Waals surface area contributed by atoms with Crippen LogP contribution in [0.15, 0.2) is 0 Å². The molecule has 0 aliphatic carbocycles. The number of hydrogen-bond acceptors (Lipinski definition) is 4. The molecule has 22 heavy (non-hydrogen) atoms. The summed E-state index contributed by atoms with van der Waals surface area (Å²) in [4.78, 5) is 13.5. The molecule has 5 nitrogen and oxygen atoms in total. The minimum Gasteiger partial charge on any atom is -0.444 e. The van der Waals surface area contributed by atoms with Gasteiger partial charge in [-0.1, -0.05) is 0 Å². The van der Waals surface area contributed by atoms with E-state index in [1.54, 1.807) is 32.6 Å². The van der Waals surface area contributed by atoms with E-state index in [-0.39, 0.29) is 6.09 Å². The fourth-order valence-electron chi connectivity index (χ4n) is 1.97. The second-order valence-corrected chi connectivity index (χ2v) is 6.64. The first-order valence-corrected chi connectivity index (χ1v) is 7.17. The van der Waals surface area contributed by atoms with Gasteiger partial charge in [0.2, 0.25) is 0 Å². The lowest BCUT2D eigenvalue weighted by Gasteiger charge is -2.39. The maximum absolute atomic E-state index is 12.0. The van der Waals surface area contributed by atoms with Crippen molar-refractivity contribution in [3.05, 3.63) is 0 Å². The lowest BCUT2D eigenvalue weighted by molar-refractivity contribution is -0.218. The highest BCUT2D eigenvalue weighted by Gasteiger charge is 2.35. The Morgan fingerprint density at radius 3 is 2.18 bits per heavy atom. The van der Waals surface area contributed by atoms with Gasteiger partial charge >= 0.3 is 12.3 Å². The quantitative estimate of drug-likeness (QED) is 0.587. The molecule has 1 heterocycles. The summed E-state index contributed by atoms with van der Waals surface area (Å²) in [5.74, 6) is 0. The van der Waals surface area contributed by atoms with Crippen LogP contribution in [0.5, 0.6) is 0 Å². The molecule has 1 amide bonds. The minimum atomic E-state index is -4.36. The van der Waals surface area contributed by atoms with E-state index in [0.717, 1.165) is 0 Å². The summed E-state index contributed by atoms with van der Waals surface area (Å²) < 4.78 is 51.0. The van der Waals surface area contributed by atoms with Gasteiger partial charge in [-0.05, 0) is 40.5 Å². The second kappa shape index (κ2) is 7.04. The number of halogens is 3. The van der Waals surface area contributed by atoms with Crippen LogP contribution in [0, 0.1) is 0 Å². The first-order chi connectivity index (χ1) is 9.90. The number of likely N-dealkylation sites (tertiary alicyclic amines) is 1. The Balaban J connectivity index is 2.32. The highest BCUT2D eigenvalue weighted by atomic mass is 19.4. The Labute approximate surface area is 128 Å². The maximum Gasteiger partial charge on any atom is 0.411 e. The summed E-state index contributed by atoms with van der Waals surface area (Å²) in [5, 5.41) is 0. The van der Waals surface area contributed by atoms with Gasteiger partial charge in [-0.3, -0.25) is 0 Å². The number of piperidine rings is 1. The van der Waals surface area contributed by atoms with E-state index in [1.807, 2.05) is 0 Å². The molecule has 0 spiro atoms. The van der Waals surface area contributed by atoms with E-state index in [1.165, 1.54) is 0 Å². The predicted octanol–water partition coefficient (Wildman–Crippen LogP) is 3.33. The van der Waals surface area contributed by atoms with Crippen molar-refractivity contribution >= 4 is 6.09 Å². The topological polar surface area (TPSA) is 48.0 Å². The first-order valence-electron chi connectivity index (χ1n) is 7.17. The molecule has 0 aromatic rings. The van der Waals surface area contributed by atoms with Gasteiger partial charge in [0.1, 0.15) is 19.0 Å². The van der Waals surface area contributed by atoms with Crippen LogP contribution in [0.1, 0.15) is 40.5 Å². The van der Waals surface area contributed by atoms with Gasteiger partial charge in [-0.25, -0.2) is 4.79 Å². The molecule has 0 radical (unpaired) electrons. The molecule has 0 N–H and O–H groups in total. The van der Waals surface area contributed by atoms with Gasteiger partial charge in [0.15, 0.2) is 0 Å². The molecule has 1 aliphatic heterocycles. The smallest absolute Gasteiger partial charge is 0.411 e. The lowest BCUT2D eigenvalue weighted by Crippen LogP contribution is -2.48. The lowest BCUT2D eigenvalue weighted by atomic mass is 9.94. The average Bonchev–Trinajstić information content (AvgIpc) is 2.32. The molecule has 1 fully saturated rings. The largest absolute Gasteiger partial charge is 0.444 e. The third-order valence-corrected chi connectivity index (χ3v) is 3.23. The number of amides is 1. The van der Waals surface area contributed by atoms with Crippen LogP contribution < -0.4 is 0 Å². The summed E-state index contributed by atoms with van der Waals surface area (Å²) in [6, 6.07) is 0. The van der Waals surface area contributed by atoms with Gasteiger partial charge in [-0.2, -0.15) is 13.2 Å². The van der Waals surface area contributed by atoms with Gasteiger partial charge in [0, 0.05) is 13.1 Å². The average molecular weight is 327 g/mol. The molecular weight excluding hydrogens is 303 g/mol. The standard InChI is InChI=1S/C14H24F3NO4/c1-12(2,3)22-11(19)18-7-5-13(4,6-8-18)21-10-20-9-14(15,16)17/h5-10H2,1-4H3. The van der Waals surface area contributed by atoms with Crippen molar-refractivity contribution in [2.45, 2.75) is 57.9 Å². The summed E-state index contributed by atoms with van der Waals surface area (Å²) >= 11 is 0. The van der Waals surface area contributed by atoms with Crippen LogP contribution in [0.3, 0.4) is 0 Å². The summed E-state index contributed by atoms with van der Waals surface area (Å²) in [6.07, 6.45) is -3.71. The SMILES string of the molecule is CC(C)(C)OC(=O)N1CCC(C)(OCOCC(F)(F)F)CC1. The predicted molar refractivity (Wildman–Crippen MR) is 73.4 cm³/mol. The zero-order valence-electron chi connectivity index (χ0n) is 13.5. The fourth-order valence-corrected chi connectivity index (χ4v) is 1.97. The Morgan fingerprint density at radius 1 is 1.18 bits per heavy atom. The summed E-state index contributed by atoms with van der Waals surface area (Å²) in [5.41, 5.74) is -1.15. The zero-order chi connectivity index (χ0) is 17.0. The fraction of sp³-hybridized carbons (Fsp3) is 0.929. The summed E-state index contributed by atoms with van der Waals surface area (Å²) in [6.45, 7) is 6.31. The van der Waals surface area contributed by atoms with Gasteiger partial charge in [0.05, 0.1) is 5.60 Å². The van der Waals surface area contributed by atoms with Crippen LogP contribution >= 0.6 is 0 Å². The highest BCUT2D eigenvalue weighted by Crippen LogP contribution is 2.27. The molecule has 0 unspecified atom stereocenters. The van der Waals surface area contributed by atoms with Crippen molar-refractivity contribution in [3.63, 3.8) is 0 Å². The van der Waals surface area contributed by atoms with Crippen molar-refractivity contribution in [1.29, 1.82) is 0 Å². The Morgan fingerprint density at radius 2 is 1.73 bits per heavy atom. The van der Waals surface area contributed by atoms with Crippen molar-refractivity contribution < 1.29 is 32.2 Å². The number of hydrogen-bond donors (Lipinski definition) is 0. The summed E-state index contributed by atoms with van der Waals surface area (Å²) in [7, 11) is 0. The number of alkyl halides is 3. The van der Waals surface area contributed by atoms with E-state index in [9.17, 15) is 18.0 Å². The van der Waals surface area contributed by atoms with Crippen molar-refractivity contribution in [2.24, 2.45) is 0 Å². The van der Waals surface area contributed by atoms with E-state index >= 15 is 0 Å². The van der Waals surface area contributed by atoms with Crippen molar-refractivity contribution in [2.75, 3.05) is 26.5 Å². The zero-order valence-corrected chi connectivity index (χ0v) is 13.5. The van der Waals surface area contributed by atoms with E-state index in [4.69, 9.17) is 9.47 Å². The molecule has 0 atom stereocenters. The number of nitrogens with zero attached hydrogens (tertiary/aromatic N) is 1. The number of rotatable bonds is 4. The third kappa shape index (κ3) is 7.31. The highest BCUT2D eigenvalue weighted by molar-refractivity contribution is 5.68. The molecule has 130 valence electrons. The molecule has 1 aliphatic rings. The van der Waals surface area contributed by atoms with Crippen LogP contribution in [0.4, 0.5) is 18.0 Å². The normalized spacial score (nSPS) is 19.1. The Bertz CT molecular complexity index is 371. The second-order valence-electron chi connectivity index (χ2n) is 6.64. The number of carbonyl (C=O) groups excluding carboxylic acids is 1. The Hall–Kier alpha value is -1.02. The van der Waals surface area contributed by atoms with E-state index in [2.05, 4.69) is 4.74 Å². The number of ether oxygens (including phenoxy) is 3. The van der Waals surface area contributed by atoms with Crippen molar-refractivity contribution in [3.8, 4) is 0 Å². The van der Waals surface area contributed by atoms with Crippen LogP contribution in [0.25, 0.3) is 0 Å². The van der Waals surface area contributed by atoms with Gasteiger partial charge in [-0.15, -0.1) is 0 Å². The molecule has 0 saturated carbocycles. The van der Waals surface area contributed by atoms with Gasteiger partial charge < -0.3 is 19.1 Å². The molecule has 1 saturated heterocycles. The van der Waals surface area contributed by atoms with Crippen LogP contribution in [-0.4, -0.2) is 54.9 Å². The molecular formula is C14H24F3NO4. The monoisotopic (exact) mass is 327 g/mol. The molecule has 1 rings (SSSR count). The third-order valence-electron chi connectivity index (χ3n) is 3.23. The van der Waals surface area contributed by atoms with Gasteiger partial charge in [0.25, 0.3) is 0 Å². The van der Waals surface area contributed by atoms with Crippen LogP contribution in [0.2, 0.25) is 0 Å². The van der Waals surface area contributed by atoms with E-state index < -0.39 is 30.8 Å². The van der Waals surface area contributed by atoms with E-state index in [0.29, 0.717) is 25.9 Å².